The summed E-state index contributed by atoms with van der Waals surface area (Å²) < 4.78 is 2.24. The minimum atomic E-state index is 0.102. The summed E-state index contributed by atoms with van der Waals surface area (Å²) in [6.45, 7) is 9.80. The molecule has 1 N–H and O–H groups in total. The molecule has 1 atom stereocenters. The Morgan fingerprint density at radius 3 is 2.80 bits per heavy atom. The summed E-state index contributed by atoms with van der Waals surface area (Å²) >= 11 is 0. The van der Waals surface area contributed by atoms with Crippen LogP contribution in [0.5, 0.6) is 0 Å². The van der Waals surface area contributed by atoms with Crippen LogP contribution in [-0.4, -0.2) is 9.55 Å². The fraction of sp³-hybridized carbons (Fsp3) is 0.471. The van der Waals surface area contributed by atoms with Crippen LogP contribution in [0.4, 0.5) is 5.95 Å². The summed E-state index contributed by atoms with van der Waals surface area (Å²) in [4.78, 5) is 4.77. The van der Waals surface area contributed by atoms with Gasteiger partial charge in [-0.15, -0.1) is 0 Å². The van der Waals surface area contributed by atoms with Gasteiger partial charge in [0.2, 0.25) is 5.95 Å². The number of benzene rings is 1. The summed E-state index contributed by atoms with van der Waals surface area (Å²) in [6, 6.07) is 9.12. The van der Waals surface area contributed by atoms with Crippen LogP contribution in [0.3, 0.4) is 0 Å². The molecule has 0 radical (unpaired) electrons. The van der Waals surface area contributed by atoms with Crippen LogP contribution >= 0.6 is 0 Å². The molecule has 0 spiro atoms. The molecule has 0 bridgehead atoms. The fourth-order valence-electron chi connectivity index (χ4n) is 2.70. The van der Waals surface area contributed by atoms with E-state index in [4.69, 9.17) is 4.98 Å². The van der Waals surface area contributed by atoms with Crippen LogP contribution in [0.1, 0.15) is 50.1 Å². The standard InChI is InChI=1S/C17H23N3/c1-12-6-5-7-13(10-12)14-8-9-20-11-15(17(2,3)4)19-16(20)18-14/h5-7,10-11,14H,8-9H2,1-4H3,(H,18,19). The molecule has 1 unspecified atom stereocenters. The van der Waals surface area contributed by atoms with Gasteiger partial charge in [-0.1, -0.05) is 50.6 Å². The average Bonchev–Trinajstić information content (AvgIpc) is 2.81. The highest BCUT2D eigenvalue weighted by Gasteiger charge is 2.24. The van der Waals surface area contributed by atoms with Gasteiger partial charge in [0.15, 0.2) is 0 Å². The second kappa shape index (κ2) is 4.65. The minimum absolute atomic E-state index is 0.102. The van der Waals surface area contributed by atoms with E-state index in [1.165, 1.54) is 11.1 Å². The summed E-state index contributed by atoms with van der Waals surface area (Å²) in [5.41, 5.74) is 3.93. The number of fused-ring (bicyclic) bond motifs is 1. The maximum atomic E-state index is 4.77. The van der Waals surface area contributed by atoms with Crippen molar-refractivity contribution < 1.29 is 0 Å². The van der Waals surface area contributed by atoms with E-state index < -0.39 is 0 Å². The molecule has 0 saturated heterocycles. The molecule has 0 amide bonds. The number of nitrogens with one attached hydrogen (secondary N) is 1. The van der Waals surface area contributed by atoms with Crippen molar-refractivity contribution in [2.24, 2.45) is 0 Å². The Kier molecular flexibility index (Phi) is 3.08. The lowest BCUT2D eigenvalue weighted by atomic mass is 9.93. The molecule has 106 valence electrons. The van der Waals surface area contributed by atoms with Crippen molar-refractivity contribution >= 4 is 5.95 Å². The summed E-state index contributed by atoms with van der Waals surface area (Å²) in [6.07, 6.45) is 3.30. The van der Waals surface area contributed by atoms with Gasteiger partial charge in [-0.05, 0) is 18.9 Å². The SMILES string of the molecule is Cc1cccc(C2CCn3cc(C(C)(C)C)nc3N2)c1. The van der Waals surface area contributed by atoms with Crippen molar-refractivity contribution in [1.82, 2.24) is 9.55 Å². The summed E-state index contributed by atoms with van der Waals surface area (Å²) in [5.74, 6) is 1.01. The highest BCUT2D eigenvalue weighted by atomic mass is 15.2. The molecule has 1 aliphatic rings. The maximum absolute atomic E-state index is 4.77. The highest BCUT2D eigenvalue weighted by Crippen LogP contribution is 2.31. The molecule has 1 aromatic heterocycles. The van der Waals surface area contributed by atoms with E-state index in [0.29, 0.717) is 6.04 Å². The van der Waals surface area contributed by atoms with E-state index in [9.17, 15) is 0 Å². The zero-order valence-electron chi connectivity index (χ0n) is 12.8. The number of imidazole rings is 1. The molecule has 3 rings (SSSR count). The first-order chi connectivity index (χ1) is 9.43. The first-order valence-electron chi connectivity index (χ1n) is 7.34. The Bertz CT molecular complexity index is 619. The Balaban J connectivity index is 1.87. The van der Waals surface area contributed by atoms with Crippen LogP contribution in [0.2, 0.25) is 0 Å². The van der Waals surface area contributed by atoms with Crippen molar-refractivity contribution in [1.29, 1.82) is 0 Å². The van der Waals surface area contributed by atoms with Crippen molar-refractivity contribution in [2.75, 3.05) is 5.32 Å². The Morgan fingerprint density at radius 1 is 1.30 bits per heavy atom. The van der Waals surface area contributed by atoms with Gasteiger partial charge in [-0.3, -0.25) is 0 Å². The van der Waals surface area contributed by atoms with Gasteiger partial charge in [0, 0.05) is 18.2 Å². The monoisotopic (exact) mass is 269 g/mol. The van der Waals surface area contributed by atoms with E-state index in [0.717, 1.165) is 24.6 Å². The first kappa shape index (κ1) is 13.2. The number of hydrogen-bond acceptors (Lipinski definition) is 2. The van der Waals surface area contributed by atoms with E-state index in [2.05, 4.69) is 68.0 Å². The lowest BCUT2D eigenvalue weighted by molar-refractivity contribution is 0.540. The summed E-state index contributed by atoms with van der Waals surface area (Å²) in [5, 5.41) is 3.58. The lowest BCUT2D eigenvalue weighted by Gasteiger charge is -2.26. The highest BCUT2D eigenvalue weighted by molar-refractivity contribution is 5.39. The fourth-order valence-corrected chi connectivity index (χ4v) is 2.70. The van der Waals surface area contributed by atoms with Gasteiger partial charge in [0.05, 0.1) is 11.7 Å². The zero-order valence-corrected chi connectivity index (χ0v) is 12.8. The minimum Gasteiger partial charge on any atom is -0.349 e. The van der Waals surface area contributed by atoms with Crippen LogP contribution in [-0.2, 0) is 12.0 Å². The molecular formula is C17H23N3. The van der Waals surface area contributed by atoms with E-state index in [1.54, 1.807) is 0 Å². The zero-order chi connectivity index (χ0) is 14.3. The van der Waals surface area contributed by atoms with E-state index >= 15 is 0 Å². The second-order valence-corrected chi connectivity index (χ2v) is 6.79. The first-order valence-corrected chi connectivity index (χ1v) is 7.34. The number of rotatable bonds is 1. The van der Waals surface area contributed by atoms with Gasteiger partial charge in [-0.2, -0.15) is 0 Å². The third-order valence-electron chi connectivity index (χ3n) is 3.95. The molecule has 20 heavy (non-hydrogen) atoms. The van der Waals surface area contributed by atoms with Gasteiger partial charge < -0.3 is 9.88 Å². The second-order valence-electron chi connectivity index (χ2n) is 6.79. The van der Waals surface area contributed by atoms with Gasteiger partial charge >= 0.3 is 0 Å². The van der Waals surface area contributed by atoms with Crippen molar-refractivity contribution in [2.45, 2.75) is 52.1 Å². The molecule has 1 aromatic carbocycles. The van der Waals surface area contributed by atoms with Gasteiger partial charge in [0.25, 0.3) is 0 Å². The number of anilines is 1. The number of hydrogen-bond donors (Lipinski definition) is 1. The lowest BCUT2D eigenvalue weighted by Crippen LogP contribution is -2.21. The van der Waals surface area contributed by atoms with Crippen LogP contribution in [0.25, 0.3) is 0 Å². The van der Waals surface area contributed by atoms with E-state index in [1.807, 2.05) is 0 Å². The predicted octanol–water partition coefficient (Wildman–Crippen LogP) is 4.05. The van der Waals surface area contributed by atoms with E-state index in [-0.39, 0.29) is 5.41 Å². The molecule has 2 aromatic rings. The topological polar surface area (TPSA) is 29.9 Å². The maximum Gasteiger partial charge on any atom is 0.203 e. The predicted molar refractivity (Wildman–Crippen MR) is 83.1 cm³/mol. The molecule has 3 heteroatoms. The molecule has 0 saturated carbocycles. The van der Waals surface area contributed by atoms with Crippen molar-refractivity contribution in [3.8, 4) is 0 Å². The quantitative estimate of drug-likeness (QED) is 0.846. The molecule has 0 fully saturated rings. The number of aromatic nitrogens is 2. The van der Waals surface area contributed by atoms with Crippen molar-refractivity contribution in [3.63, 3.8) is 0 Å². The number of nitrogens with zero attached hydrogens (tertiary/aromatic N) is 2. The number of aryl methyl sites for hydroxylation is 2. The van der Waals surface area contributed by atoms with Crippen molar-refractivity contribution in [3.05, 3.63) is 47.3 Å². The molecule has 1 aliphatic heterocycles. The molecule has 0 aliphatic carbocycles. The average molecular weight is 269 g/mol. The van der Waals surface area contributed by atoms with Crippen LogP contribution in [0, 0.1) is 6.92 Å². The van der Waals surface area contributed by atoms with Gasteiger partial charge in [-0.25, -0.2) is 4.98 Å². The molecule has 3 nitrogen and oxygen atoms in total. The largest absolute Gasteiger partial charge is 0.349 e. The normalized spacial score (nSPS) is 18.5. The van der Waals surface area contributed by atoms with Crippen LogP contribution in [0.15, 0.2) is 30.5 Å². The molecular weight excluding hydrogens is 246 g/mol. The Labute approximate surface area is 121 Å². The van der Waals surface area contributed by atoms with Gasteiger partial charge in [0.1, 0.15) is 0 Å². The Hall–Kier alpha value is -1.77. The third kappa shape index (κ3) is 2.45. The Morgan fingerprint density at radius 2 is 2.10 bits per heavy atom. The smallest absolute Gasteiger partial charge is 0.203 e. The summed E-state index contributed by atoms with van der Waals surface area (Å²) in [7, 11) is 0. The van der Waals surface area contributed by atoms with Crippen LogP contribution < -0.4 is 5.32 Å². The third-order valence-corrected chi connectivity index (χ3v) is 3.95. The molecule has 2 heterocycles.